The average Bonchev–Trinajstić information content (AvgIpc) is 3.12. The van der Waals surface area contributed by atoms with Crippen LogP contribution in [0.15, 0.2) is 5.38 Å². The van der Waals surface area contributed by atoms with Crippen molar-refractivity contribution in [3.05, 3.63) is 27.7 Å². The molecule has 2 aromatic rings. The van der Waals surface area contributed by atoms with E-state index in [0.29, 0.717) is 24.7 Å². The smallest absolute Gasteiger partial charge is 0.273 e. The van der Waals surface area contributed by atoms with Crippen LogP contribution < -0.4 is 0 Å². The Kier molecular flexibility index (Phi) is 4.69. The van der Waals surface area contributed by atoms with Crippen molar-refractivity contribution in [1.82, 2.24) is 29.5 Å². The van der Waals surface area contributed by atoms with E-state index in [1.807, 2.05) is 29.3 Å². The Morgan fingerprint density at radius 1 is 1.42 bits per heavy atom. The van der Waals surface area contributed by atoms with E-state index >= 15 is 0 Å². The van der Waals surface area contributed by atoms with Gasteiger partial charge in [0.1, 0.15) is 16.5 Å². The molecule has 0 radical (unpaired) electrons. The monoisotopic (exact) mass is 348 g/mol. The summed E-state index contributed by atoms with van der Waals surface area (Å²) in [6.07, 6.45) is 0. The van der Waals surface area contributed by atoms with Crippen LogP contribution >= 0.6 is 11.3 Å². The van der Waals surface area contributed by atoms with Gasteiger partial charge in [0, 0.05) is 24.4 Å². The highest BCUT2D eigenvalue weighted by molar-refractivity contribution is 7.09. The fourth-order valence-corrected chi connectivity index (χ4v) is 3.91. The molecule has 24 heavy (non-hydrogen) atoms. The molecule has 8 heteroatoms. The van der Waals surface area contributed by atoms with Crippen molar-refractivity contribution in [2.45, 2.75) is 45.8 Å². The van der Waals surface area contributed by atoms with E-state index in [0.717, 1.165) is 23.2 Å². The molecule has 0 bridgehead atoms. The number of thiazole rings is 1. The molecule has 1 aliphatic rings. The van der Waals surface area contributed by atoms with E-state index in [4.69, 9.17) is 0 Å². The van der Waals surface area contributed by atoms with E-state index < -0.39 is 0 Å². The molecule has 0 fully saturated rings. The third kappa shape index (κ3) is 3.21. The molecule has 2 aromatic heterocycles. The Hall–Kier alpha value is -1.80. The number of rotatable bonds is 4. The minimum absolute atomic E-state index is 0.0246. The highest BCUT2D eigenvalue weighted by Gasteiger charge is 2.31. The van der Waals surface area contributed by atoms with Gasteiger partial charge in [-0.3, -0.25) is 4.79 Å². The number of fused-ring (bicyclic) bond motifs is 1. The quantitative estimate of drug-likeness (QED) is 0.847. The molecule has 0 spiro atoms. The number of carbonyl (C=O) groups is 1. The van der Waals surface area contributed by atoms with Crippen molar-refractivity contribution in [3.63, 3.8) is 0 Å². The van der Waals surface area contributed by atoms with Crippen LogP contribution in [0, 0.1) is 0 Å². The summed E-state index contributed by atoms with van der Waals surface area (Å²) in [5.41, 5.74) is 0.529. The van der Waals surface area contributed by atoms with Gasteiger partial charge in [-0.15, -0.1) is 21.5 Å². The first-order valence-electron chi connectivity index (χ1n) is 8.19. The van der Waals surface area contributed by atoms with Gasteiger partial charge in [0.2, 0.25) is 0 Å². The van der Waals surface area contributed by atoms with Gasteiger partial charge in [0.05, 0.1) is 12.6 Å². The molecule has 1 atom stereocenters. The van der Waals surface area contributed by atoms with Gasteiger partial charge in [0.25, 0.3) is 5.91 Å². The molecule has 1 amide bonds. The van der Waals surface area contributed by atoms with E-state index in [2.05, 4.69) is 40.5 Å². The lowest BCUT2D eigenvalue weighted by Gasteiger charge is -2.32. The maximum Gasteiger partial charge on any atom is 0.273 e. The highest BCUT2D eigenvalue weighted by atomic mass is 32.1. The number of amides is 1. The molecule has 7 nitrogen and oxygen atoms in total. The first-order valence-corrected chi connectivity index (χ1v) is 9.06. The fraction of sp³-hybridized carbons (Fsp3) is 0.625. The Balaban J connectivity index is 1.78. The average molecular weight is 348 g/mol. The van der Waals surface area contributed by atoms with Gasteiger partial charge in [-0.2, -0.15) is 0 Å². The zero-order chi connectivity index (χ0) is 17.4. The molecule has 0 unspecified atom stereocenters. The molecule has 0 N–H and O–H groups in total. The van der Waals surface area contributed by atoms with Crippen molar-refractivity contribution in [1.29, 1.82) is 0 Å². The summed E-state index contributed by atoms with van der Waals surface area (Å²) in [5, 5.41) is 11.4. The van der Waals surface area contributed by atoms with Crippen LogP contribution in [-0.2, 0) is 13.1 Å². The summed E-state index contributed by atoms with van der Waals surface area (Å²) in [4.78, 5) is 21.2. The second-order valence-electron chi connectivity index (χ2n) is 6.90. The summed E-state index contributed by atoms with van der Waals surface area (Å²) >= 11 is 1.53. The SMILES string of the molecule is CC(C)c1nnc2n1[C@@H](C)CN(C(=O)c1csc(CN(C)C)n1)C2. The van der Waals surface area contributed by atoms with Gasteiger partial charge in [0.15, 0.2) is 5.82 Å². The number of nitrogens with zero attached hydrogens (tertiary/aromatic N) is 6. The molecule has 130 valence electrons. The van der Waals surface area contributed by atoms with E-state index in [-0.39, 0.29) is 11.9 Å². The lowest BCUT2D eigenvalue weighted by atomic mass is 10.1. The van der Waals surface area contributed by atoms with Crippen molar-refractivity contribution in [3.8, 4) is 0 Å². The zero-order valence-electron chi connectivity index (χ0n) is 14.9. The second kappa shape index (κ2) is 6.60. The maximum absolute atomic E-state index is 12.8. The lowest BCUT2D eigenvalue weighted by molar-refractivity contribution is 0.0674. The fourth-order valence-electron chi connectivity index (χ4n) is 3.02. The molecule has 0 aromatic carbocycles. The second-order valence-corrected chi connectivity index (χ2v) is 7.84. The standard InChI is InChI=1S/C16H24N6OS/c1-10(2)15-19-18-13-7-21(6-11(3)22(13)15)16(23)12-9-24-14(17-12)8-20(4)5/h9-11H,6-8H2,1-5H3/t11-/m0/s1. The molecule has 3 rings (SSSR count). The Labute approximate surface area is 146 Å². The van der Waals surface area contributed by atoms with Crippen molar-refractivity contribution in [2.75, 3.05) is 20.6 Å². The van der Waals surface area contributed by atoms with E-state index in [1.54, 1.807) is 0 Å². The Morgan fingerprint density at radius 2 is 2.17 bits per heavy atom. The molecular weight excluding hydrogens is 324 g/mol. The number of hydrogen-bond donors (Lipinski definition) is 0. The predicted molar refractivity (Wildman–Crippen MR) is 93.1 cm³/mol. The van der Waals surface area contributed by atoms with E-state index in [9.17, 15) is 4.79 Å². The topological polar surface area (TPSA) is 67.2 Å². The van der Waals surface area contributed by atoms with Crippen LogP contribution in [0.25, 0.3) is 0 Å². The number of aromatic nitrogens is 4. The minimum atomic E-state index is -0.0246. The summed E-state index contributed by atoms with van der Waals surface area (Å²) in [7, 11) is 3.99. The molecule has 0 saturated heterocycles. The van der Waals surface area contributed by atoms with Gasteiger partial charge in [-0.25, -0.2) is 4.98 Å². The zero-order valence-corrected chi connectivity index (χ0v) is 15.7. The third-order valence-corrected chi connectivity index (χ3v) is 4.91. The lowest BCUT2D eigenvalue weighted by Crippen LogP contribution is -2.41. The highest BCUT2D eigenvalue weighted by Crippen LogP contribution is 2.26. The molecule has 0 saturated carbocycles. The third-order valence-electron chi connectivity index (χ3n) is 4.08. The van der Waals surface area contributed by atoms with Crippen LogP contribution in [0.4, 0.5) is 0 Å². The maximum atomic E-state index is 12.8. The summed E-state index contributed by atoms with van der Waals surface area (Å²) < 4.78 is 2.17. The molecular formula is C16H24N6OS. The molecule has 3 heterocycles. The first-order chi connectivity index (χ1) is 11.4. The van der Waals surface area contributed by atoms with Crippen molar-refractivity contribution >= 4 is 17.2 Å². The van der Waals surface area contributed by atoms with Gasteiger partial charge in [-0.05, 0) is 21.0 Å². The molecule has 0 aliphatic carbocycles. The van der Waals surface area contributed by atoms with Gasteiger partial charge in [-0.1, -0.05) is 13.8 Å². The summed E-state index contributed by atoms with van der Waals surface area (Å²) in [6, 6.07) is 0.171. The van der Waals surface area contributed by atoms with Crippen molar-refractivity contribution < 1.29 is 4.79 Å². The minimum Gasteiger partial charge on any atom is -0.328 e. The van der Waals surface area contributed by atoms with Crippen LogP contribution in [-0.4, -0.2) is 56.1 Å². The largest absolute Gasteiger partial charge is 0.328 e. The number of carbonyl (C=O) groups excluding carboxylic acids is 1. The Bertz CT molecular complexity index is 735. The summed E-state index contributed by atoms with van der Waals surface area (Å²) in [6.45, 7) is 8.23. The van der Waals surface area contributed by atoms with Crippen LogP contribution in [0.1, 0.15) is 59.9 Å². The Morgan fingerprint density at radius 3 is 2.83 bits per heavy atom. The first kappa shape index (κ1) is 17.0. The molecule has 1 aliphatic heterocycles. The van der Waals surface area contributed by atoms with Crippen LogP contribution in [0.3, 0.4) is 0 Å². The van der Waals surface area contributed by atoms with Crippen molar-refractivity contribution in [2.24, 2.45) is 0 Å². The van der Waals surface area contributed by atoms with E-state index in [1.165, 1.54) is 11.3 Å². The summed E-state index contributed by atoms with van der Waals surface area (Å²) in [5.74, 6) is 2.15. The predicted octanol–water partition coefficient (Wildman–Crippen LogP) is 2.14. The van der Waals surface area contributed by atoms with Crippen LogP contribution in [0.2, 0.25) is 0 Å². The van der Waals surface area contributed by atoms with Gasteiger partial charge >= 0.3 is 0 Å². The normalized spacial score (nSPS) is 17.6. The van der Waals surface area contributed by atoms with Crippen LogP contribution in [0.5, 0.6) is 0 Å². The number of hydrogen-bond acceptors (Lipinski definition) is 6. The van der Waals surface area contributed by atoms with Gasteiger partial charge < -0.3 is 14.4 Å².